The summed E-state index contributed by atoms with van der Waals surface area (Å²) in [6.45, 7) is 3.43. The molecule has 1 unspecified atom stereocenters. The largest absolute Gasteiger partial charge is 0.435 e. The number of nitrogens with zero attached hydrogens (tertiary/aromatic N) is 2. The predicted octanol–water partition coefficient (Wildman–Crippen LogP) is 2.10. The Bertz CT molecular complexity index is 450. The van der Waals surface area contributed by atoms with Gasteiger partial charge >= 0.3 is 6.18 Å². The summed E-state index contributed by atoms with van der Waals surface area (Å²) in [5.74, 6) is 0. The maximum Gasteiger partial charge on any atom is 0.435 e. The second-order valence-electron chi connectivity index (χ2n) is 5.36. The average molecular weight is 248 g/mol. The summed E-state index contributed by atoms with van der Waals surface area (Å²) in [5.41, 5.74) is -1.88. The molecule has 6 heteroatoms. The molecule has 0 aliphatic heterocycles. The van der Waals surface area contributed by atoms with Crippen LogP contribution in [0, 0.1) is 5.41 Å². The van der Waals surface area contributed by atoms with Crippen molar-refractivity contribution in [3.05, 3.63) is 17.5 Å². The van der Waals surface area contributed by atoms with Crippen molar-refractivity contribution in [1.29, 1.82) is 0 Å². The highest BCUT2D eigenvalue weighted by molar-refractivity contribution is 5.40. The summed E-state index contributed by atoms with van der Waals surface area (Å²) in [4.78, 5) is 0. The summed E-state index contributed by atoms with van der Waals surface area (Å²) in [5, 5.41) is 12.9. The van der Waals surface area contributed by atoms with E-state index < -0.39 is 17.3 Å². The highest BCUT2D eigenvalue weighted by atomic mass is 19.4. The van der Waals surface area contributed by atoms with Crippen LogP contribution in [0.15, 0.2) is 6.20 Å². The molecule has 1 aromatic rings. The average Bonchev–Trinajstić information content (AvgIpc) is 2.53. The van der Waals surface area contributed by atoms with Crippen LogP contribution in [-0.2, 0) is 18.6 Å². The van der Waals surface area contributed by atoms with Gasteiger partial charge in [-0.2, -0.15) is 18.3 Å². The first-order valence-electron chi connectivity index (χ1n) is 5.36. The van der Waals surface area contributed by atoms with Crippen LogP contribution in [0.25, 0.3) is 0 Å². The normalized spacial score (nSPS) is 27.2. The van der Waals surface area contributed by atoms with Crippen molar-refractivity contribution < 1.29 is 18.3 Å². The standard InChI is InChI=1S/C11H15F3N2O/c1-9(2)5-10(9,6-17)7-4-16(3)15-8(7)11(12,13)14/h4,17H,5-6H2,1-3H3. The number of aromatic nitrogens is 2. The molecule has 0 bridgehead atoms. The van der Waals surface area contributed by atoms with Crippen LogP contribution in [-0.4, -0.2) is 21.5 Å². The lowest BCUT2D eigenvalue weighted by Gasteiger charge is -2.18. The summed E-state index contributed by atoms with van der Waals surface area (Å²) >= 11 is 0. The molecular formula is C11H15F3N2O. The number of halogens is 3. The number of hydrogen-bond donors (Lipinski definition) is 1. The third kappa shape index (κ3) is 1.66. The summed E-state index contributed by atoms with van der Waals surface area (Å²) in [6, 6.07) is 0. The monoisotopic (exact) mass is 248 g/mol. The van der Waals surface area contributed by atoms with Gasteiger partial charge in [-0.15, -0.1) is 0 Å². The van der Waals surface area contributed by atoms with E-state index in [4.69, 9.17) is 0 Å². The van der Waals surface area contributed by atoms with Gasteiger partial charge in [-0.1, -0.05) is 13.8 Å². The molecule has 1 heterocycles. The molecular weight excluding hydrogens is 233 g/mol. The molecule has 0 radical (unpaired) electrons. The van der Waals surface area contributed by atoms with Gasteiger partial charge in [0.2, 0.25) is 0 Å². The third-order valence-corrected chi connectivity index (χ3v) is 3.80. The van der Waals surface area contributed by atoms with E-state index in [2.05, 4.69) is 5.10 Å². The van der Waals surface area contributed by atoms with Crippen molar-refractivity contribution in [2.75, 3.05) is 6.61 Å². The van der Waals surface area contributed by atoms with E-state index in [9.17, 15) is 18.3 Å². The van der Waals surface area contributed by atoms with E-state index in [1.807, 2.05) is 13.8 Å². The Labute approximate surface area is 97.2 Å². The molecule has 1 saturated carbocycles. The molecule has 96 valence electrons. The summed E-state index contributed by atoms with van der Waals surface area (Å²) in [6.07, 6.45) is -2.56. The molecule has 0 saturated heterocycles. The first kappa shape index (κ1) is 12.4. The van der Waals surface area contributed by atoms with Gasteiger partial charge in [0.1, 0.15) is 0 Å². The Hall–Kier alpha value is -1.04. The quantitative estimate of drug-likeness (QED) is 0.870. The zero-order chi connectivity index (χ0) is 13.1. The molecule has 1 N–H and O–H groups in total. The Balaban J connectivity index is 2.54. The smallest absolute Gasteiger partial charge is 0.395 e. The van der Waals surface area contributed by atoms with Crippen molar-refractivity contribution in [1.82, 2.24) is 9.78 Å². The Morgan fingerprint density at radius 3 is 2.35 bits per heavy atom. The molecule has 17 heavy (non-hydrogen) atoms. The van der Waals surface area contributed by atoms with Crippen LogP contribution < -0.4 is 0 Å². The highest BCUT2D eigenvalue weighted by Crippen LogP contribution is 2.65. The minimum absolute atomic E-state index is 0.111. The van der Waals surface area contributed by atoms with Crippen LogP contribution >= 0.6 is 0 Å². The zero-order valence-corrected chi connectivity index (χ0v) is 9.97. The fourth-order valence-corrected chi connectivity index (χ4v) is 2.57. The Morgan fingerprint density at radius 2 is 2.00 bits per heavy atom. The van der Waals surface area contributed by atoms with Crippen molar-refractivity contribution in [3.63, 3.8) is 0 Å². The molecule has 1 aromatic heterocycles. The molecule has 0 aromatic carbocycles. The molecule has 1 aliphatic rings. The second kappa shape index (κ2) is 3.25. The number of aliphatic hydroxyl groups excluding tert-OH is 1. The first-order valence-corrected chi connectivity index (χ1v) is 5.36. The van der Waals surface area contributed by atoms with E-state index in [0.717, 1.165) is 4.68 Å². The zero-order valence-electron chi connectivity index (χ0n) is 9.97. The Morgan fingerprint density at radius 1 is 1.47 bits per heavy atom. The van der Waals surface area contributed by atoms with Crippen LogP contribution in [0.4, 0.5) is 13.2 Å². The number of aryl methyl sites for hydroxylation is 1. The van der Waals surface area contributed by atoms with Crippen LogP contribution in [0.3, 0.4) is 0 Å². The van der Waals surface area contributed by atoms with Crippen LogP contribution in [0.2, 0.25) is 0 Å². The van der Waals surface area contributed by atoms with E-state index in [0.29, 0.717) is 6.42 Å². The van der Waals surface area contributed by atoms with Gasteiger partial charge in [-0.3, -0.25) is 4.68 Å². The van der Waals surface area contributed by atoms with Crippen LogP contribution in [0.1, 0.15) is 31.5 Å². The van der Waals surface area contributed by atoms with Crippen molar-refractivity contribution >= 4 is 0 Å². The topological polar surface area (TPSA) is 38.0 Å². The fourth-order valence-electron chi connectivity index (χ4n) is 2.57. The second-order valence-corrected chi connectivity index (χ2v) is 5.36. The first-order chi connectivity index (χ1) is 7.64. The SMILES string of the molecule is Cn1cc(C2(CO)CC2(C)C)c(C(F)(F)F)n1. The van der Waals surface area contributed by atoms with Gasteiger partial charge in [-0.25, -0.2) is 0 Å². The molecule has 1 atom stereocenters. The van der Waals surface area contributed by atoms with Gasteiger partial charge in [0.25, 0.3) is 0 Å². The van der Waals surface area contributed by atoms with Crippen molar-refractivity contribution in [2.24, 2.45) is 12.5 Å². The number of hydrogen-bond acceptors (Lipinski definition) is 2. The maximum atomic E-state index is 12.9. The minimum atomic E-state index is -4.47. The number of alkyl halides is 3. The number of aliphatic hydroxyl groups is 1. The fraction of sp³-hybridized carbons (Fsp3) is 0.727. The van der Waals surface area contributed by atoms with E-state index in [1.54, 1.807) is 0 Å². The van der Waals surface area contributed by atoms with Gasteiger partial charge in [0.15, 0.2) is 5.69 Å². The molecule has 2 rings (SSSR count). The number of rotatable bonds is 2. The Kier molecular flexibility index (Phi) is 2.37. The van der Waals surface area contributed by atoms with E-state index >= 15 is 0 Å². The van der Waals surface area contributed by atoms with Crippen molar-refractivity contribution in [3.8, 4) is 0 Å². The lowest BCUT2D eigenvalue weighted by Crippen LogP contribution is -2.23. The summed E-state index contributed by atoms with van der Waals surface area (Å²) < 4.78 is 39.7. The third-order valence-electron chi connectivity index (χ3n) is 3.80. The minimum Gasteiger partial charge on any atom is -0.395 e. The lowest BCUT2D eigenvalue weighted by atomic mass is 9.89. The van der Waals surface area contributed by atoms with Gasteiger partial charge in [0, 0.05) is 24.2 Å². The van der Waals surface area contributed by atoms with E-state index in [-0.39, 0.29) is 17.6 Å². The van der Waals surface area contributed by atoms with Gasteiger partial charge < -0.3 is 5.11 Å². The molecule has 1 aliphatic carbocycles. The van der Waals surface area contributed by atoms with Crippen LogP contribution in [0.5, 0.6) is 0 Å². The predicted molar refractivity (Wildman–Crippen MR) is 55.4 cm³/mol. The maximum absolute atomic E-state index is 12.9. The lowest BCUT2D eigenvalue weighted by molar-refractivity contribution is -0.142. The molecule has 1 fully saturated rings. The van der Waals surface area contributed by atoms with E-state index in [1.165, 1.54) is 13.2 Å². The molecule has 0 amide bonds. The highest BCUT2D eigenvalue weighted by Gasteiger charge is 2.64. The van der Waals surface area contributed by atoms with Gasteiger partial charge in [0.05, 0.1) is 6.61 Å². The van der Waals surface area contributed by atoms with Crippen molar-refractivity contribution in [2.45, 2.75) is 31.9 Å². The summed E-state index contributed by atoms with van der Waals surface area (Å²) in [7, 11) is 1.46. The molecule has 0 spiro atoms. The molecule has 3 nitrogen and oxygen atoms in total. The van der Waals surface area contributed by atoms with Gasteiger partial charge in [-0.05, 0) is 11.8 Å².